The maximum atomic E-state index is 12.3. The van der Waals surface area contributed by atoms with Gasteiger partial charge in [-0.3, -0.25) is 9.59 Å². The molecule has 0 aromatic rings. The van der Waals surface area contributed by atoms with Crippen LogP contribution in [-0.2, 0) is 9.59 Å². The van der Waals surface area contributed by atoms with E-state index in [1.54, 1.807) is 0 Å². The quantitative estimate of drug-likeness (QED) is 0.747. The standard InChI is InChI=1S/C10H16F3N3O2/c11-10(12,13)9(18)16-3-1-2-7(6-16)5-15-8(17)4-14/h7H,1-6,14H2,(H,15,17). The van der Waals surface area contributed by atoms with E-state index < -0.39 is 12.1 Å². The van der Waals surface area contributed by atoms with Gasteiger partial charge in [-0.1, -0.05) is 0 Å². The molecular weight excluding hydrogens is 251 g/mol. The van der Waals surface area contributed by atoms with Crippen LogP contribution in [0.25, 0.3) is 0 Å². The number of piperidine rings is 1. The van der Waals surface area contributed by atoms with Crippen molar-refractivity contribution in [3.63, 3.8) is 0 Å². The SMILES string of the molecule is NCC(=O)NCC1CCCN(C(=O)C(F)(F)F)C1. The predicted molar refractivity (Wildman–Crippen MR) is 57.4 cm³/mol. The van der Waals surface area contributed by atoms with Gasteiger partial charge in [-0.2, -0.15) is 13.2 Å². The minimum Gasteiger partial charge on any atom is -0.355 e. The van der Waals surface area contributed by atoms with Crippen LogP contribution in [0.5, 0.6) is 0 Å². The summed E-state index contributed by atoms with van der Waals surface area (Å²) < 4.78 is 36.8. The molecular formula is C10H16F3N3O2. The minimum atomic E-state index is -4.83. The molecule has 1 aliphatic rings. The van der Waals surface area contributed by atoms with Crippen LogP contribution in [0.15, 0.2) is 0 Å². The van der Waals surface area contributed by atoms with Gasteiger partial charge in [0.15, 0.2) is 0 Å². The molecule has 1 aliphatic heterocycles. The molecule has 2 amide bonds. The summed E-state index contributed by atoms with van der Waals surface area (Å²) in [5, 5.41) is 2.52. The zero-order valence-electron chi connectivity index (χ0n) is 9.79. The molecule has 1 saturated heterocycles. The Kier molecular flexibility index (Phi) is 4.94. The molecule has 1 heterocycles. The zero-order chi connectivity index (χ0) is 13.8. The lowest BCUT2D eigenvalue weighted by Gasteiger charge is -2.33. The Labute approximate surface area is 102 Å². The Bertz CT molecular complexity index is 320. The summed E-state index contributed by atoms with van der Waals surface area (Å²) in [5.41, 5.74) is 5.09. The zero-order valence-corrected chi connectivity index (χ0v) is 9.79. The molecule has 0 aromatic carbocycles. The van der Waals surface area contributed by atoms with Gasteiger partial charge in [-0.05, 0) is 18.8 Å². The van der Waals surface area contributed by atoms with Crippen LogP contribution >= 0.6 is 0 Å². The van der Waals surface area contributed by atoms with Gasteiger partial charge in [0.2, 0.25) is 5.91 Å². The smallest absolute Gasteiger partial charge is 0.355 e. The molecule has 0 aromatic heterocycles. The number of carbonyl (C=O) groups is 2. The Morgan fingerprint density at radius 2 is 2.06 bits per heavy atom. The largest absolute Gasteiger partial charge is 0.471 e. The predicted octanol–water partition coefficient (Wildman–Crippen LogP) is -0.138. The van der Waals surface area contributed by atoms with Crippen molar-refractivity contribution in [2.45, 2.75) is 19.0 Å². The van der Waals surface area contributed by atoms with Gasteiger partial charge in [0.25, 0.3) is 0 Å². The van der Waals surface area contributed by atoms with E-state index in [9.17, 15) is 22.8 Å². The van der Waals surface area contributed by atoms with Crippen molar-refractivity contribution >= 4 is 11.8 Å². The van der Waals surface area contributed by atoms with Gasteiger partial charge in [-0.25, -0.2) is 0 Å². The molecule has 8 heteroatoms. The fourth-order valence-corrected chi connectivity index (χ4v) is 1.93. The second-order valence-corrected chi connectivity index (χ2v) is 4.27. The number of hydrogen-bond acceptors (Lipinski definition) is 3. The highest BCUT2D eigenvalue weighted by Gasteiger charge is 2.43. The second-order valence-electron chi connectivity index (χ2n) is 4.27. The number of rotatable bonds is 3. The van der Waals surface area contributed by atoms with Crippen LogP contribution in [0.2, 0.25) is 0 Å². The minimum absolute atomic E-state index is 0.0171. The molecule has 0 spiro atoms. The summed E-state index contributed by atoms with van der Waals surface area (Å²) >= 11 is 0. The van der Waals surface area contributed by atoms with Gasteiger partial charge in [0.1, 0.15) is 0 Å². The average Bonchev–Trinajstić information content (AvgIpc) is 2.34. The summed E-state index contributed by atoms with van der Waals surface area (Å²) in [6.45, 7) is 0.221. The topological polar surface area (TPSA) is 75.4 Å². The lowest BCUT2D eigenvalue weighted by atomic mass is 9.98. The van der Waals surface area contributed by atoms with Crippen LogP contribution in [0.3, 0.4) is 0 Å². The van der Waals surface area contributed by atoms with E-state index in [-0.39, 0.29) is 38.0 Å². The van der Waals surface area contributed by atoms with E-state index >= 15 is 0 Å². The Balaban J connectivity index is 2.46. The van der Waals surface area contributed by atoms with Crippen molar-refractivity contribution in [2.75, 3.05) is 26.2 Å². The number of carbonyl (C=O) groups excluding carboxylic acids is 2. The van der Waals surface area contributed by atoms with Gasteiger partial charge in [-0.15, -0.1) is 0 Å². The number of nitrogens with one attached hydrogen (secondary N) is 1. The number of hydrogen-bond donors (Lipinski definition) is 2. The molecule has 1 atom stereocenters. The van der Waals surface area contributed by atoms with Crippen molar-refractivity contribution in [1.29, 1.82) is 0 Å². The van der Waals surface area contributed by atoms with Crippen molar-refractivity contribution in [3.8, 4) is 0 Å². The highest BCUT2D eigenvalue weighted by molar-refractivity contribution is 5.82. The van der Waals surface area contributed by atoms with Crippen molar-refractivity contribution in [1.82, 2.24) is 10.2 Å². The molecule has 18 heavy (non-hydrogen) atoms. The third-order valence-electron chi connectivity index (χ3n) is 2.82. The van der Waals surface area contributed by atoms with Crippen LogP contribution in [0.4, 0.5) is 13.2 Å². The molecule has 0 aliphatic carbocycles. The Morgan fingerprint density at radius 3 is 2.61 bits per heavy atom. The molecule has 0 bridgehead atoms. The monoisotopic (exact) mass is 267 g/mol. The fourth-order valence-electron chi connectivity index (χ4n) is 1.93. The number of nitrogens with zero attached hydrogens (tertiary/aromatic N) is 1. The summed E-state index contributed by atoms with van der Waals surface area (Å²) in [6.07, 6.45) is -3.64. The first-order valence-corrected chi connectivity index (χ1v) is 5.67. The Hall–Kier alpha value is -1.31. The first kappa shape index (κ1) is 14.7. The van der Waals surface area contributed by atoms with Gasteiger partial charge in [0.05, 0.1) is 6.54 Å². The maximum Gasteiger partial charge on any atom is 0.471 e. The number of alkyl halides is 3. The molecule has 1 fully saturated rings. The van der Waals surface area contributed by atoms with E-state index in [1.165, 1.54) is 0 Å². The molecule has 5 nitrogen and oxygen atoms in total. The lowest BCUT2D eigenvalue weighted by molar-refractivity contribution is -0.187. The van der Waals surface area contributed by atoms with E-state index in [0.29, 0.717) is 12.8 Å². The second kappa shape index (κ2) is 6.03. The summed E-state index contributed by atoms with van der Waals surface area (Å²) in [4.78, 5) is 22.8. The van der Waals surface area contributed by atoms with Crippen LogP contribution < -0.4 is 11.1 Å². The summed E-state index contributed by atoms with van der Waals surface area (Å²) in [6, 6.07) is 0. The van der Waals surface area contributed by atoms with Crippen LogP contribution in [0.1, 0.15) is 12.8 Å². The van der Waals surface area contributed by atoms with Gasteiger partial charge in [0, 0.05) is 19.6 Å². The highest BCUT2D eigenvalue weighted by Crippen LogP contribution is 2.23. The molecule has 104 valence electrons. The first-order valence-electron chi connectivity index (χ1n) is 5.67. The first-order chi connectivity index (χ1) is 8.34. The molecule has 0 saturated carbocycles. The highest BCUT2D eigenvalue weighted by atomic mass is 19.4. The molecule has 3 N–H and O–H groups in total. The van der Waals surface area contributed by atoms with Crippen molar-refractivity contribution in [2.24, 2.45) is 11.7 Å². The van der Waals surface area contributed by atoms with Crippen molar-refractivity contribution in [3.05, 3.63) is 0 Å². The average molecular weight is 267 g/mol. The van der Waals surface area contributed by atoms with Gasteiger partial charge >= 0.3 is 12.1 Å². The van der Waals surface area contributed by atoms with E-state index in [2.05, 4.69) is 5.32 Å². The lowest BCUT2D eigenvalue weighted by Crippen LogP contribution is -2.48. The maximum absolute atomic E-state index is 12.3. The number of nitrogens with two attached hydrogens (primary N) is 1. The fraction of sp³-hybridized carbons (Fsp3) is 0.800. The van der Waals surface area contributed by atoms with E-state index in [1.807, 2.05) is 0 Å². The Morgan fingerprint density at radius 1 is 1.39 bits per heavy atom. The molecule has 1 unspecified atom stereocenters. The molecule has 0 radical (unpaired) electrons. The van der Waals surface area contributed by atoms with Gasteiger partial charge < -0.3 is 16.0 Å². The number of amides is 2. The third kappa shape index (κ3) is 4.17. The third-order valence-corrected chi connectivity index (χ3v) is 2.82. The normalized spacial score (nSPS) is 20.7. The summed E-state index contributed by atoms with van der Waals surface area (Å²) in [7, 11) is 0. The van der Waals surface area contributed by atoms with Crippen LogP contribution in [0, 0.1) is 5.92 Å². The van der Waals surface area contributed by atoms with Crippen molar-refractivity contribution < 1.29 is 22.8 Å². The summed E-state index contributed by atoms with van der Waals surface area (Å²) in [5.74, 6) is -2.31. The number of halogens is 3. The van der Waals surface area contributed by atoms with E-state index in [0.717, 1.165) is 4.90 Å². The number of likely N-dealkylation sites (tertiary alicyclic amines) is 1. The van der Waals surface area contributed by atoms with Crippen LogP contribution in [-0.4, -0.2) is 49.1 Å². The molecule has 1 rings (SSSR count). The van der Waals surface area contributed by atoms with E-state index in [4.69, 9.17) is 5.73 Å².